The largest absolute Gasteiger partial charge is 0.496 e. The van der Waals surface area contributed by atoms with Gasteiger partial charge >= 0.3 is 0 Å². The van der Waals surface area contributed by atoms with Crippen LogP contribution in [0.4, 0.5) is 0 Å². The molecule has 0 aromatic heterocycles. The van der Waals surface area contributed by atoms with Crippen molar-refractivity contribution in [2.45, 2.75) is 19.9 Å². The summed E-state index contributed by atoms with van der Waals surface area (Å²) in [7, 11) is 1.67. The third-order valence-corrected chi connectivity index (χ3v) is 3.59. The Balaban J connectivity index is 2.57. The lowest BCUT2D eigenvalue weighted by molar-refractivity contribution is 0.403. The highest BCUT2D eigenvalue weighted by atomic mass is 35.5. The van der Waals surface area contributed by atoms with Gasteiger partial charge in [0.25, 0.3) is 0 Å². The average molecular weight is 291 g/mol. The van der Waals surface area contributed by atoms with E-state index in [1.807, 2.05) is 37.3 Å². The van der Waals surface area contributed by atoms with Crippen LogP contribution in [0, 0.1) is 13.8 Å². The number of aryl methyl sites for hydroxylation is 2. The Kier molecular flexibility index (Phi) is 4.65. The van der Waals surface area contributed by atoms with Crippen molar-refractivity contribution in [2.24, 2.45) is 5.84 Å². The lowest BCUT2D eigenvalue weighted by atomic mass is 9.93. The first-order valence-corrected chi connectivity index (χ1v) is 6.81. The molecular formula is C16H19ClN2O. The van der Waals surface area contributed by atoms with E-state index in [1.165, 1.54) is 0 Å². The van der Waals surface area contributed by atoms with Gasteiger partial charge in [0, 0.05) is 10.6 Å². The van der Waals surface area contributed by atoms with E-state index in [1.54, 1.807) is 7.11 Å². The van der Waals surface area contributed by atoms with Crippen molar-refractivity contribution >= 4 is 11.6 Å². The molecule has 2 aromatic carbocycles. The fraction of sp³-hybridized carbons (Fsp3) is 0.250. The van der Waals surface area contributed by atoms with Crippen LogP contribution in [0.5, 0.6) is 5.75 Å². The minimum atomic E-state index is -0.163. The molecule has 0 aliphatic rings. The standard InChI is InChI=1S/C16H19ClN2O/c1-10-7-11(2)15(14(8-10)20-3)16(19-18)12-5-4-6-13(17)9-12/h4-9,16,19H,18H2,1-3H3. The second-order valence-electron chi connectivity index (χ2n) is 4.85. The highest BCUT2D eigenvalue weighted by Crippen LogP contribution is 2.34. The fourth-order valence-electron chi connectivity index (χ4n) is 2.51. The highest BCUT2D eigenvalue weighted by Gasteiger charge is 2.20. The van der Waals surface area contributed by atoms with Crippen LogP contribution in [-0.2, 0) is 0 Å². The van der Waals surface area contributed by atoms with Crippen LogP contribution in [0.1, 0.15) is 28.3 Å². The fourth-order valence-corrected chi connectivity index (χ4v) is 2.71. The van der Waals surface area contributed by atoms with Gasteiger partial charge in [-0.25, -0.2) is 5.43 Å². The molecule has 106 valence electrons. The van der Waals surface area contributed by atoms with E-state index in [4.69, 9.17) is 22.2 Å². The van der Waals surface area contributed by atoms with Crippen molar-refractivity contribution in [3.63, 3.8) is 0 Å². The molecule has 0 radical (unpaired) electrons. The van der Waals surface area contributed by atoms with Gasteiger partial charge in [0.15, 0.2) is 0 Å². The second kappa shape index (κ2) is 6.27. The Hall–Kier alpha value is -1.55. The van der Waals surface area contributed by atoms with Gasteiger partial charge in [-0.1, -0.05) is 29.8 Å². The summed E-state index contributed by atoms with van der Waals surface area (Å²) < 4.78 is 5.51. The minimum Gasteiger partial charge on any atom is -0.496 e. The van der Waals surface area contributed by atoms with Gasteiger partial charge in [0.1, 0.15) is 5.75 Å². The first-order chi connectivity index (χ1) is 9.56. The zero-order chi connectivity index (χ0) is 14.7. The molecule has 2 rings (SSSR count). The summed E-state index contributed by atoms with van der Waals surface area (Å²) in [4.78, 5) is 0. The van der Waals surface area contributed by atoms with Crippen LogP contribution < -0.4 is 16.0 Å². The van der Waals surface area contributed by atoms with Gasteiger partial charge in [0.05, 0.1) is 13.2 Å². The molecule has 4 heteroatoms. The summed E-state index contributed by atoms with van der Waals surface area (Å²) in [6.45, 7) is 4.10. The van der Waals surface area contributed by atoms with Gasteiger partial charge in [-0.2, -0.15) is 0 Å². The van der Waals surface area contributed by atoms with Crippen molar-refractivity contribution in [1.82, 2.24) is 5.43 Å². The Morgan fingerprint density at radius 1 is 1.20 bits per heavy atom. The number of hydrazine groups is 1. The Morgan fingerprint density at radius 2 is 1.95 bits per heavy atom. The van der Waals surface area contributed by atoms with E-state index < -0.39 is 0 Å². The maximum atomic E-state index is 6.07. The molecule has 0 aliphatic carbocycles. The molecule has 0 aliphatic heterocycles. The van der Waals surface area contributed by atoms with Crippen LogP contribution in [0.25, 0.3) is 0 Å². The molecule has 1 atom stereocenters. The number of halogens is 1. The van der Waals surface area contributed by atoms with Crippen LogP contribution in [0.2, 0.25) is 5.02 Å². The highest BCUT2D eigenvalue weighted by molar-refractivity contribution is 6.30. The first kappa shape index (κ1) is 14.9. The molecule has 0 saturated heterocycles. The number of benzene rings is 2. The topological polar surface area (TPSA) is 47.3 Å². The molecule has 0 saturated carbocycles. The van der Waals surface area contributed by atoms with Gasteiger partial charge in [-0.05, 0) is 48.7 Å². The Bertz CT molecular complexity index is 613. The molecule has 0 spiro atoms. The molecular weight excluding hydrogens is 272 g/mol. The molecule has 0 amide bonds. The predicted molar refractivity (Wildman–Crippen MR) is 83.1 cm³/mol. The van der Waals surface area contributed by atoms with Gasteiger partial charge in [-0.3, -0.25) is 5.84 Å². The van der Waals surface area contributed by atoms with Gasteiger partial charge in [-0.15, -0.1) is 0 Å². The van der Waals surface area contributed by atoms with E-state index in [-0.39, 0.29) is 6.04 Å². The average Bonchev–Trinajstić information content (AvgIpc) is 2.41. The third kappa shape index (κ3) is 2.96. The molecule has 0 bridgehead atoms. The SMILES string of the molecule is COc1cc(C)cc(C)c1C(NN)c1cccc(Cl)c1. The Morgan fingerprint density at radius 3 is 2.55 bits per heavy atom. The van der Waals surface area contributed by atoms with Crippen LogP contribution in [-0.4, -0.2) is 7.11 Å². The number of methoxy groups -OCH3 is 1. The second-order valence-corrected chi connectivity index (χ2v) is 5.29. The minimum absolute atomic E-state index is 0.163. The lowest BCUT2D eigenvalue weighted by Crippen LogP contribution is -2.29. The molecule has 20 heavy (non-hydrogen) atoms. The van der Waals surface area contributed by atoms with E-state index in [2.05, 4.69) is 18.4 Å². The van der Waals surface area contributed by atoms with E-state index in [0.29, 0.717) is 5.02 Å². The van der Waals surface area contributed by atoms with Crippen molar-refractivity contribution in [3.8, 4) is 5.75 Å². The van der Waals surface area contributed by atoms with Crippen molar-refractivity contribution in [2.75, 3.05) is 7.11 Å². The maximum absolute atomic E-state index is 6.07. The summed E-state index contributed by atoms with van der Waals surface area (Å²) >= 11 is 6.07. The van der Waals surface area contributed by atoms with Crippen LogP contribution in [0.15, 0.2) is 36.4 Å². The molecule has 3 N–H and O–H groups in total. The zero-order valence-electron chi connectivity index (χ0n) is 11.9. The van der Waals surface area contributed by atoms with Gasteiger partial charge in [0.2, 0.25) is 0 Å². The van der Waals surface area contributed by atoms with Crippen molar-refractivity contribution in [3.05, 3.63) is 63.7 Å². The summed E-state index contributed by atoms with van der Waals surface area (Å²) in [6, 6.07) is 11.6. The van der Waals surface area contributed by atoms with Crippen LogP contribution in [0.3, 0.4) is 0 Å². The van der Waals surface area contributed by atoms with Crippen molar-refractivity contribution < 1.29 is 4.74 Å². The lowest BCUT2D eigenvalue weighted by Gasteiger charge is -2.22. The normalized spacial score (nSPS) is 12.2. The molecule has 1 unspecified atom stereocenters. The summed E-state index contributed by atoms with van der Waals surface area (Å²) in [5.41, 5.74) is 7.18. The molecule has 3 nitrogen and oxygen atoms in total. The van der Waals surface area contributed by atoms with E-state index >= 15 is 0 Å². The number of rotatable bonds is 4. The number of hydrogen-bond donors (Lipinski definition) is 2. The van der Waals surface area contributed by atoms with Crippen molar-refractivity contribution in [1.29, 1.82) is 0 Å². The summed E-state index contributed by atoms with van der Waals surface area (Å²) in [6.07, 6.45) is 0. The number of hydrogen-bond acceptors (Lipinski definition) is 3. The molecule has 0 heterocycles. The van der Waals surface area contributed by atoms with E-state index in [0.717, 1.165) is 28.0 Å². The zero-order valence-corrected chi connectivity index (χ0v) is 12.7. The smallest absolute Gasteiger partial charge is 0.124 e. The molecule has 2 aromatic rings. The summed E-state index contributed by atoms with van der Waals surface area (Å²) in [5, 5.41) is 0.687. The van der Waals surface area contributed by atoms with Crippen LogP contribution >= 0.6 is 11.6 Å². The monoisotopic (exact) mass is 290 g/mol. The maximum Gasteiger partial charge on any atom is 0.124 e. The predicted octanol–water partition coefficient (Wildman–Crippen LogP) is 3.52. The number of ether oxygens (including phenoxy) is 1. The third-order valence-electron chi connectivity index (χ3n) is 3.35. The number of nitrogens with two attached hydrogens (primary N) is 1. The summed E-state index contributed by atoms with van der Waals surface area (Å²) in [5.74, 6) is 6.59. The van der Waals surface area contributed by atoms with E-state index in [9.17, 15) is 0 Å². The first-order valence-electron chi connectivity index (χ1n) is 6.43. The number of nitrogens with one attached hydrogen (secondary N) is 1. The van der Waals surface area contributed by atoms with Gasteiger partial charge < -0.3 is 4.74 Å². The molecule has 0 fully saturated rings. The Labute approximate surface area is 124 Å². The quantitative estimate of drug-likeness (QED) is 0.669.